The van der Waals surface area contributed by atoms with E-state index >= 15 is 0 Å². The molecule has 1 rings (SSSR count). The zero-order valence-corrected chi connectivity index (χ0v) is 20.1. The molecule has 28 heavy (non-hydrogen) atoms. The van der Waals surface area contributed by atoms with Crippen molar-refractivity contribution in [2.75, 3.05) is 0 Å². The van der Waals surface area contributed by atoms with Crippen LogP contribution in [0.5, 0.6) is 0 Å². The second kappa shape index (κ2) is 15.6. The number of allylic oxidation sites excluding steroid dienone is 1. The van der Waals surface area contributed by atoms with Crippen LogP contribution in [-0.4, -0.2) is 11.0 Å². The van der Waals surface area contributed by atoms with Gasteiger partial charge in [-0.3, -0.25) is 4.79 Å². The zero-order valence-electron chi connectivity index (χ0n) is 19.2. The number of carbonyl (C=O) groups is 1. The fourth-order valence-electron chi connectivity index (χ4n) is 4.70. The highest BCUT2D eigenvalue weighted by molar-refractivity contribution is 7.81. The molecule has 0 heterocycles. The van der Waals surface area contributed by atoms with Gasteiger partial charge in [0.2, 0.25) is 0 Å². The molecule has 0 bridgehead atoms. The van der Waals surface area contributed by atoms with Crippen LogP contribution in [0.3, 0.4) is 0 Å². The molecule has 1 aliphatic carbocycles. The number of Topliss-reactive ketones (excluding diaryl/α,β-unsaturated/α-hetero) is 1. The van der Waals surface area contributed by atoms with Gasteiger partial charge in [0.05, 0.1) is 0 Å². The molecule has 0 amide bonds. The maximum absolute atomic E-state index is 12.1. The number of hydrogen-bond donors (Lipinski definition) is 1. The first-order valence-electron chi connectivity index (χ1n) is 12.3. The molecule has 4 atom stereocenters. The van der Waals surface area contributed by atoms with E-state index in [0.717, 1.165) is 32.1 Å². The van der Waals surface area contributed by atoms with Gasteiger partial charge in [-0.1, -0.05) is 90.2 Å². The summed E-state index contributed by atoms with van der Waals surface area (Å²) in [5, 5.41) is 0.384. The summed E-state index contributed by atoms with van der Waals surface area (Å²) in [5.74, 6) is 1.92. The van der Waals surface area contributed by atoms with Gasteiger partial charge in [0, 0.05) is 17.6 Å². The summed E-state index contributed by atoms with van der Waals surface area (Å²) in [6.07, 6.45) is 20.1. The normalized spacial score (nSPS) is 20.7. The van der Waals surface area contributed by atoms with E-state index in [9.17, 15) is 4.79 Å². The topological polar surface area (TPSA) is 17.1 Å². The van der Waals surface area contributed by atoms with Crippen LogP contribution in [0.2, 0.25) is 0 Å². The van der Waals surface area contributed by atoms with Crippen molar-refractivity contribution in [2.45, 2.75) is 129 Å². The van der Waals surface area contributed by atoms with Crippen LogP contribution in [0.1, 0.15) is 124 Å². The number of hydrogen-bond acceptors (Lipinski definition) is 2. The first-order chi connectivity index (χ1) is 13.5. The third kappa shape index (κ3) is 11.1. The largest absolute Gasteiger partial charge is 0.299 e. The van der Waals surface area contributed by atoms with Gasteiger partial charge in [0.15, 0.2) is 0 Å². The zero-order chi connectivity index (χ0) is 20.8. The molecule has 0 aromatic heterocycles. The second-order valence-corrected chi connectivity index (χ2v) is 10.2. The molecule has 0 aromatic carbocycles. The van der Waals surface area contributed by atoms with Crippen molar-refractivity contribution in [3.05, 3.63) is 12.2 Å². The van der Waals surface area contributed by atoms with Crippen molar-refractivity contribution in [3.8, 4) is 0 Å². The highest BCUT2D eigenvalue weighted by Gasteiger charge is 2.27. The molecule has 0 aliphatic heterocycles. The molecular weight excluding hydrogens is 360 g/mol. The first kappa shape index (κ1) is 25.8. The number of ketones is 1. The molecule has 1 saturated carbocycles. The van der Waals surface area contributed by atoms with E-state index < -0.39 is 0 Å². The van der Waals surface area contributed by atoms with Crippen molar-refractivity contribution < 1.29 is 4.79 Å². The minimum Gasteiger partial charge on any atom is -0.299 e. The smallest absolute Gasteiger partial charge is 0.135 e. The van der Waals surface area contributed by atoms with Crippen molar-refractivity contribution in [2.24, 2.45) is 17.8 Å². The highest BCUT2D eigenvalue weighted by atomic mass is 32.1. The fourth-order valence-corrected chi connectivity index (χ4v) is 5.08. The molecule has 0 N–H and O–H groups in total. The Balaban J connectivity index is 2.23. The van der Waals surface area contributed by atoms with Gasteiger partial charge in [-0.2, -0.15) is 12.6 Å². The average Bonchev–Trinajstić information content (AvgIpc) is 2.67. The fraction of sp³-hybridized carbons (Fsp3) is 0.885. The lowest BCUT2D eigenvalue weighted by atomic mass is 9.79. The van der Waals surface area contributed by atoms with E-state index in [1.165, 1.54) is 76.2 Å². The Morgan fingerprint density at radius 1 is 1.07 bits per heavy atom. The Morgan fingerprint density at radius 3 is 2.25 bits per heavy atom. The predicted molar refractivity (Wildman–Crippen MR) is 128 cm³/mol. The number of rotatable bonds is 16. The van der Waals surface area contributed by atoms with Gasteiger partial charge in [0.25, 0.3) is 0 Å². The third-order valence-electron chi connectivity index (χ3n) is 6.87. The molecule has 0 saturated heterocycles. The number of thiol groups is 1. The monoisotopic (exact) mass is 408 g/mol. The minimum absolute atomic E-state index is 0.305. The lowest BCUT2D eigenvalue weighted by molar-refractivity contribution is -0.125. The Morgan fingerprint density at radius 2 is 1.68 bits per heavy atom. The summed E-state index contributed by atoms with van der Waals surface area (Å²) in [5.41, 5.74) is 1.32. The quantitative estimate of drug-likeness (QED) is 0.154. The minimum atomic E-state index is 0.305. The molecular formula is C26H48OS. The maximum Gasteiger partial charge on any atom is 0.135 e. The molecule has 0 aromatic rings. The molecule has 4 unspecified atom stereocenters. The Kier molecular flexibility index (Phi) is 14.4. The SMILES string of the molecule is C=C(C)C(CCCCCCCCCCC)CC(S)C(C)CC1CCCCC1=O. The van der Waals surface area contributed by atoms with Crippen LogP contribution in [0.25, 0.3) is 0 Å². The van der Waals surface area contributed by atoms with Gasteiger partial charge in [0.1, 0.15) is 5.78 Å². The van der Waals surface area contributed by atoms with E-state index in [0.29, 0.717) is 28.8 Å². The maximum atomic E-state index is 12.1. The average molecular weight is 409 g/mol. The van der Waals surface area contributed by atoms with Gasteiger partial charge in [-0.05, 0) is 50.9 Å². The van der Waals surface area contributed by atoms with Crippen molar-refractivity contribution >= 4 is 18.4 Å². The summed E-state index contributed by atoms with van der Waals surface area (Å²) >= 11 is 4.95. The van der Waals surface area contributed by atoms with Crippen molar-refractivity contribution in [3.63, 3.8) is 0 Å². The van der Waals surface area contributed by atoms with Gasteiger partial charge in [-0.15, -0.1) is 0 Å². The third-order valence-corrected chi connectivity index (χ3v) is 7.59. The summed E-state index contributed by atoms with van der Waals surface area (Å²) in [4.78, 5) is 12.1. The standard InChI is InChI=1S/C26H48OS/c1-5-6-7-8-9-10-11-12-13-16-23(21(2)3)20-26(28)22(4)19-24-17-14-15-18-25(24)27/h22-24,26,28H,2,5-20H2,1,3-4H3. The Labute approximate surface area is 181 Å². The first-order valence-corrected chi connectivity index (χ1v) is 12.8. The molecule has 0 radical (unpaired) electrons. The van der Waals surface area contributed by atoms with E-state index in [-0.39, 0.29) is 0 Å². The summed E-state index contributed by atoms with van der Waals surface area (Å²) < 4.78 is 0. The predicted octanol–water partition coefficient (Wildman–Crippen LogP) is 8.57. The van der Waals surface area contributed by atoms with Crippen LogP contribution in [0.15, 0.2) is 12.2 Å². The lowest BCUT2D eigenvalue weighted by Gasteiger charge is -2.29. The van der Waals surface area contributed by atoms with Crippen LogP contribution >= 0.6 is 12.6 Å². The molecule has 164 valence electrons. The molecule has 1 fully saturated rings. The van der Waals surface area contributed by atoms with E-state index in [1.807, 2.05) is 0 Å². The van der Waals surface area contributed by atoms with E-state index in [2.05, 4.69) is 27.4 Å². The van der Waals surface area contributed by atoms with Gasteiger partial charge in [-0.25, -0.2) is 0 Å². The van der Waals surface area contributed by atoms with Crippen LogP contribution in [0.4, 0.5) is 0 Å². The van der Waals surface area contributed by atoms with Gasteiger partial charge >= 0.3 is 0 Å². The summed E-state index contributed by atoms with van der Waals surface area (Å²) in [7, 11) is 0. The van der Waals surface area contributed by atoms with Crippen LogP contribution in [-0.2, 0) is 4.79 Å². The molecule has 2 heteroatoms. The van der Waals surface area contributed by atoms with Crippen LogP contribution < -0.4 is 0 Å². The van der Waals surface area contributed by atoms with E-state index in [1.54, 1.807) is 0 Å². The lowest BCUT2D eigenvalue weighted by Crippen LogP contribution is -2.25. The van der Waals surface area contributed by atoms with Gasteiger partial charge < -0.3 is 0 Å². The van der Waals surface area contributed by atoms with Crippen molar-refractivity contribution in [1.29, 1.82) is 0 Å². The van der Waals surface area contributed by atoms with Crippen LogP contribution in [0, 0.1) is 17.8 Å². The molecule has 0 spiro atoms. The second-order valence-electron chi connectivity index (χ2n) is 9.59. The molecule has 1 aliphatic rings. The number of unbranched alkanes of at least 4 members (excludes halogenated alkanes) is 8. The number of carbonyl (C=O) groups excluding carboxylic acids is 1. The summed E-state index contributed by atoms with van der Waals surface area (Å²) in [6.45, 7) is 11.0. The summed E-state index contributed by atoms with van der Waals surface area (Å²) in [6, 6.07) is 0. The Hall–Kier alpha value is -0.240. The van der Waals surface area contributed by atoms with E-state index in [4.69, 9.17) is 12.6 Å². The Bertz CT molecular complexity index is 430. The highest BCUT2D eigenvalue weighted by Crippen LogP contribution is 2.33. The molecule has 1 nitrogen and oxygen atoms in total. The van der Waals surface area contributed by atoms with Crippen molar-refractivity contribution in [1.82, 2.24) is 0 Å².